The zero-order valence-electron chi connectivity index (χ0n) is 9.81. The van der Waals surface area contributed by atoms with E-state index in [-0.39, 0.29) is 12.5 Å². The van der Waals surface area contributed by atoms with Gasteiger partial charge in [-0.3, -0.25) is 4.79 Å². The number of hydrogen-bond donors (Lipinski definition) is 2. The van der Waals surface area contributed by atoms with Gasteiger partial charge in [-0.1, -0.05) is 12.1 Å². The Morgan fingerprint density at radius 2 is 2.24 bits per heavy atom. The van der Waals surface area contributed by atoms with Crippen molar-refractivity contribution in [2.75, 3.05) is 20.2 Å². The van der Waals surface area contributed by atoms with Crippen LogP contribution in [0.4, 0.5) is 0 Å². The van der Waals surface area contributed by atoms with Crippen molar-refractivity contribution in [2.24, 2.45) is 0 Å². The smallest absolute Gasteiger partial charge is 0.226 e. The van der Waals surface area contributed by atoms with Gasteiger partial charge in [-0.25, -0.2) is 0 Å². The molecule has 0 fully saturated rings. The Morgan fingerprint density at radius 3 is 3.00 bits per heavy atom. The average molecular weight is 232 g/mol. The first-order valence-corrected chi connectivity index (χ1v) is 5.61. The van der Waals surface area contributed by atoms with E-state index in [1.165, 1.54) is 0 Å². The van der Waals surface area contributed by atoms with Crippen molar-refractivity contribution >= 4 is 16.8 Å². The number of hydrogen-bond acceptors (Lipinski definition) is 2. The Bertz CT molecular complexity index is 519. The van der Waals surface area contributed by atoms with Crippen LogP contribution in [0.3, 0.4) is 0 Å². The van der Waals surface area contributed by atoms with Crippen molar-refractivity contribution in [1.29, 1.82) is 0 Å². The number of carbonyl (C=O) groups excluding carboxylic acids is 1. The van der Waals surface area contributed by atoms with Crippen LogP contribution in [0.15, 0.2) is 30.5 Å². The molecule has 0 saturated carbocycles. The summed E-state index contributed by atoms with van der Waals surface area (Å²) in [4.78, 5) is 16.4. The molecular weight excluding hydrogens is 216 g/mol. The fourth-order valence-corrected chi connectivity index (χ4v) is 1.79. The molecule has 0 aliphatic heterocycles. The van der Waals surface area contributed by atoms with E-state index in [1.54, 1.807) is 11.9 Å². The number of carbonyl (C=O) groups is 1. The summed E-state index contributed by atoms with van der Waals surface area (Å²) in [5.74, 6) is 0.0185. The van der Waals surface area contributed by atoms with Crippen LogP contribution in [0.2, 0.25) is 0 Å². The Hall–Kier alpha value is -1.81. The Morgan fingerprint density at radius 1 is 1.41 bits per heavy atom. The molecule has 17 heavy (non-hydrogen) atoms. The van der Waals surface area contributed by atoms with Crippen molar-refractivity contribution in [3.63, 3.8) is 0 Å². The number of amides is 1. The van der Waals surface area contributed by atoms with Crippen molar-refractivity contribution in [2.45, 2.75) is 6.42 Å². The van der Waals surface area contributed by atoms with E-state index in [4.69, 9.17) is 5.11 Å². The van der Waals surface area contributed by atoms with E-state index in [9.17, 15) is 4.79 Å². The molecule has 90 valence electrons. The van der Waals surface area contributed by atoms with Crippen LogP contribution in [0.1, 0.15) is 5.56 Å². The minimum atomic E-state index is -0.00208. The Labute approximate surface area is 99.9 Å². The second kappa shape index (κ2) is 5.01. The van der Waals surface area contributed by atoms with Gasteiger partial charge in [0.1, 0.15) is 0 Å². The zero-order chi connectivity index (χ0) is 12.3. The van der Waals surface area contributed by atoms with Crippen molar-refractivity contribution in [3.05, 3.63) is 36.0 Å². The number of H-pyrrole nitrogens is 1. The highest BCUT2D eigenvalue weighted by Gasteiger charge is 2.09. The fraction of sp³-hybridized carbons (Fsp3) is 0.308. The highest BCUT2D eigenvalue weighted by atomic mass is 16.3. The van der Waals surface area contributed by atoms with Crippen LogP contribution >= 0.6 is 0 Å². The van der Waals surface area contributed by atoms with Gasteiger partial charge in [0, 0.05) is 25.3 Å². The number of likely N-dealkylation sites (N-methyl/N-ethyl adjacent to an activating group) is 1. The maximum Gasteiger partial charge on any atom is 0.226 e. The van der Waals surface area contributed by atoms with E-state index in [2.05, 4.69) is 4.98 Å². The van der Waals surface area contributed by atoms with Gasteiger partial charge in [0.05, 0.1) is 13.0 Å². The standard InChI is InChI=1S/C13H16N2O2/c1-15(6-7-16)13(17)9-10-2-3-11-4-5-14-12(11)8-10/h2-5,8,14,16H,6-7,9H2,1H3. The first kappa shape index (κ1) is 11.7. The predicted octanol–water partition coefficient (Wildman–Crippen LogP) is 1.16. The number of rotatable bonds is 4. The molecule has 4 nitrogen and oxygen atoms in total. The van der Waals surface area contributed by atoms with Gasteiger partial charge in [0.2, 0.25) is 5.91 Å². The average Bonchev–Trinajstić information content (AvgIpc) is 2.76. The summed E-state index contributed by atoms with van der Waals surface area (Å²) in [5.41, 5.74) is 2.02. The molecule has 0 atom stereocenters. The van der Waals surface area contributed by atoms with Gasteiger partial charge in [0.25, 0.3) is 0 Å². The largest absolute Gasteiger partial charge is 0.395 e. The maximum absolute atomic E-state index is 11.8. The molecule has 1 aromatic carbocycles. The number of nitrogens with zero attached hydrogens (tertiary/aromatic N) is 1. The van der Waals surface area contributed by atoms with Crippen LogP contribution in [-0.4, -0.2) is 41.1 Å². The molecule has 4 heteroatoms. The Balaban J connectivity index is 2.09. The first-order chi connectivity index (χ1) is 8.20. The molecule has 0 unspecified atom stereocenters. The fourth-order valence-electron chi connectivity index (χ4n) is 1.79. The molecule has 1 aromatic heterocycles. The number of aliphatic hydroxyl groups is 1. The third kappa shape index (κ3) is 2.65. The summed E-state index contributed by atoms with van der Waals surface area (Å²) in [5, 5.41) is 9.91. The number of aromatic amines is 1. The van der Waals surface area contributed by atoms with Crippen LogP contribution < -0.4 is 0 Å². The van der Waals surface area contributed by atoms with Gasteiger partial charge >= 0.3 is 0 Å². The van der Waals surface area contributed by atoms with Gasteiger partial charge in [-0.05, 0) is 23.1 Å². The zero-order valence-corrected chi connectivity index (χ0v) is 9.81. The second-order valence-electron chi connectivity index (χ2n) is 4.11. The summed E-state index contributed by atoms with van der Waals surface area (Å²) in [6.07, 6.45) is 2.25. The molecule has 0 radical (unpaired) electrons. The van der Waals surface area contributed by atoms with Gasteiger partial charge < -0.3 is 15.0 Å². The second-order valence-corrected chi connectivity index (χ2v) is 4.11. The Kier molecular flexibility index (Phi) is 3.44. The van der Waals surface area contributed by atoms with Crippen molar-refractivity contribution < 1.29 is 9.90 Å². The molecule has 0 aliphatic carbocycles. The summed E-state index contributed by atoms with van der Waals surface area (Å²) in [6, 6.07) is 7.94. The van der Waals surface area contributed by atoms with Crippen LogP contribution in [0.5, 0.6) is 0 Å². The van der Waals surface area contributed by atoms with E-state index in [1.807, 2.05) is 30.5 Å². The van der Waals surface area contributed by atoms with E-state index < -0.39 is 0 Å². The predicted molar refractivity (Wildman–Crippen MR) is 66.7 cm³/mol. The van der Waals surface area contributed by atoms with Gasteiger partial charge in [-0.15, -0.1) is 0 Å². The topological polar surface area (TPSA) is 56.3 Å². The number of fused-ring (bicyclic) bond motifs is 1. The third-order valence-electron chi connectivity index (χ3n) is 2.84. The molecule has 0 spiro atoms. The lowest BCUT2D eigenvalue weighted by Crippen LogP contribution is -2.30. The minimum Gasteiger partial charge on any atom is -0.395 e. The van der Waals surface area contributed by atoms with E-state index >= 15 is 0 Å². The summed E-state index contributed by atoms with van der Waals surface area (Å²) in [6.45, 7) is 0.376. The number of aromatic nitrogens is 1. The third-order valence-corrected chi connectivity index (χ3v) is 2.84. The van der Waals surface area contributed by atoms with Crippen LogP contribution in [-0.2, 0) is 11.2 Å². The van der Waals surface area contributed by atoms with Crippen LogP contribution in [0.25, 0.3) is 10.9 Å². The quantitative estimate of drug-likeness (QED) is 0.831. The maximum atomic E-state index is 11.8. The SMILES string of the molecule is CN(CCO)C(=O)Cc1ccc2cc[nH]c2c1. The minimum absolute atomic E-state index is 0.00208. The first-order valence-electron chi connectivity index (χ1n) is 5.61. The van der Waals surface area contributed by atoms with Crippen molar-refractivity contribution in [3.8, 4) is 0 Å². The van der Waals surface area contributed by atoms with Gasteiger partial charge in [-0.2, -0.15) is 0 Å². The molecule has 2 N–H and O–H groups in total. The lowest BCUT2D eigenvalue weighted by atomic mass is 10.1. The molecule has 0 saturated heterocycles. The molecular formula is C13H16N2O2. The van der Waals surface area contributed by atoms with E-state index in [0.29, 0.717) is 13.0 Å². The molecule has 2 aromatic rings. The highest BCUT2D eigenvalue weighted by molar-refractivity contribution is 5.83. The molecule has 2 rings (SSSR count). The molecule has 1 amide bonds. The number of nitrogens with one attached hydrogen (secondary N) is 1. The monoisotopic (exact) mass is 232 g/mol. The molecule has 0 bridgehead atoms. The molecule has 0 aliphatic rings. The molecule has 1 heterocycles. The lowest BCUT2D eigenvalue weighted by molar-refractivity contribution is -0.129. The summed E-state index contributed by atoms with van der Waals surface area (Å²) in [7, 11) is 1.70. The lowest BCUT2D eigenvalue weighted by Gasteiger charge is -2.15. The normalized spacial score (nSPS) is 10.7. The van der Waals surface area contributed by atoms with Crippen molar-refractivity contribution in [1.82, 2.24) is 9.88 Å². The number of aliphatic hydroxyl groups excluding tert-OH is 1. The summed E-state index contributed by atoms with van der Waals surface area (Å²) >= 11 is 0. The van der Waals surface area contributed by atoms with Crippen LogP contribution in [0, 0.1) is 0 Å². The van der Waals surface area contributed by atoms with Gasteiger partial charge in [0.15, 0.2) is 0 Å². The highest BCUT2D eigenvalue weighted by Crippen LogP contribution is 2.14. The van der Waals surface area contributed by atoms with E-state index in [0.717, 1.165) is 16.5 Å². The number of benzene rings is 1. The summed E-state index contributed by atoms with van der Waals surface area (Å²) < 4.78 is 0.